The fourth-order valence-corrected chi connectivity index (χ4v) is 2.01. The average molecular weight is 219 g/mol. The summed E-state index contributed by atoms with van der Waals surface area (Å²) in [5.74, 6) is -0.249. The molecule has 84 valence electrons. The van der Waals surface area contributed by atoms with E-state index in [9.17, 15) is 4.39 Å². The molecule has 1 unspecified atom stereocenters. The van der Waals surface area contributed by atoms with E-state index in [-0.39, 0.29) is 5.82 Å². The molecule has 1 aromatic rings. The van der Waals surface area contributed by atoms with Crippen LogP contribution < -0.4 is 10.6 Å². The van der Waals surface area contributed by atoms with Gasteiger partial charge in [-0.25, -0.2) is 4.39 Å². The van der Waals surface area contributed by atoms with Gasteiger partial charge in [-0.05, 0) is 31.0 Å². The number of benzene rings is 1. The summed E-state index contributed by atoms with van der Waals surface area (Å²) in [5, 5.41) is 8.88. The second-order valence-electron chi connectivity index (χ2n) is 4.47. The molecule has 3 nitrogen and oxygen atoms in total. The third-order valence-corrected chi connectivity index (χ3v) is 2.81. The Hall–Kier alpha value is -1.60. The summed E-state index contributed by atoms with van der Waals surface area (Å²) in [6.45, 7) is 2.91. The van der Waals surface area contributed by atoms with E-state index in [0.717, 1.165) is 24.2 Å². The molecule has 2 rings (SSSR count). The van der Waals surface area contributed by atoms with E-state index >= 15 is 0 Å². The van der Waals surface area contributed by atoms with Gasteiger partial charge in [0.15, 0.2) is 0 Å². The van der Waals surface area contributed by atoms with Crippen LogP contribution in [-0.4, -0.2) is 18.6 Å². The zero-order valence-electron chi connectivity index (χ0n) is 9.20. The third-order valence-electron chi connectivity index (χ3n) is 2.81. The first kappa shape index (κ1) is 10.9. The highest BCUT2D eigenvalue weighted by Crippen LogP contribution is 2.29. The fourth-order valence-electron chi connectivity index (χ4n) is 2.01. The van der Waals surface area contributed by atoms with Gasteiger partial charge >= 0.3 is 0 Å². The van der Waals surface area contributed by atoms with E-state index < -0.39 is 5.54 Å². The van der Waals surface area contributed by atoms with E-state index in [0.29, 0.717) is 6.54 Å². The first-order chi connectivity index (χ1) is 7.52. The van der Waals surface area contributed by atoms with Crippen molar-refractivity contribution >= 4 is 5.69 Å². The molecule has 0 bridgehead atoms. The Morgan fingerprint density at radius 1 is 1.62 bits per heavy atom. The lowest BCUT2D eigenvalue weighted by atomic mass is 10.1. The van der Waals surface area contributed by atoms with Crippen LogP contribution in [0.4, 0.5) is 10.1 Å². The number of rotatable bonds is 2. The highest BCUT2D eigenvalue weighted by Gasteiger charge is 2.26. The standard InChI is InChI=1S/C12H14FN3/c1-12(15,7-14)8-16-5-4-9-2-3-10(13)6-11(9)16/h2-3,6H,4-5,8,15H2,1H3. The first-order valence-electron chi connectivity index (χ1n) is 5.25. The Balaban J connectivity index is 2.24. The Kier molecular flexibility index (Phi) is 2.56. The number of nitrogens with two attached hydrogens (primary N) is 1. The minimum absolute atomic E-state index is 0.249. The maximum atomic E-state index is 13.1. The molecule has 16 heavy (non-hydrogen) atoms. The van der Waals surface area contributed by atoms with Crippen molar-refractivity contribution in [2.45, 2.75) is 18.9 Å². The maximum Gasteiger partial charge on any atom is 0.125 e. The number of nitriles is 1. The minimum Gasteiger partial charge on any atom is -0.368 e. The van der Waals surface area contributed by atoms with Crippen LogP contribution in [0, 0.1) is 17.1 Å². The van der Waals surface area contributed by atoms with Crippen LogP contribution in [0.3, 0.4) is 0 Å². The molecule has 1 heterocycles. The van der Waals surface area contributed by atoms with Crippen LogP contribution in [0.2, 0.25) is 0 Å². The second kappa shape index (κ2) is 3.76. The largest absolute Gasteiger partial charge is 0.368 e. The van der Waals surface area contributed by atoms with Crippen molar-refractivity contribution in [1.29, 1.82) is 5.26 Å². The van der Waals surface area contributed by atoms with Crippen LogP contribution in [0.25, 0.3) is 0 Å². The molecule has 0 spiro atoms. The maximum absolute atomic E-state index is 13.1. The van der Waals surface area contributed by atoms with Crippen molar-refractivity contribution < 1.29 is 4.39 Å². The molecule has 0 fully saturated rings. The van der Waals surface area contributed by atoms with Gasteiger partial charge in [-0.15, -0.1) is 0 Å². The van der Waals surface area contributed by atoms with Gasteiger partial charge in [-0.3, -0.25) is 0 Å². The summed E-state index contributed by atoms with van der Waals surface area (Å²) in [4.78, 5) is 1.97. The van der Waals surface area contributed by atoms with Gasteiger partial charge < -0.3 is 10.6 Å². The Morgan fingerprint density at radius 3 is 3.06 bits per heavy atom. The predicted molar refractivity (Wildman–Crippen MR) is 60.5 cm³/mol. The highest BCUT2D eigenvalue weighted by atomic mass is 19.1. The fraction of sp³-hybridized carbons (Fsp3) is 0.417. The number of anilines is 1. The molecule has 1 aromatic carbocycles. The summed E-state index contributed by atoms with van der Waals surface area (Å²) >= 11 is 0. The summed E-state index contributed by atoms with van der Waals surface area (Å²) in [7, 11) is 0. The van der Waals surface area contributed by atoms with Crippen LogP contribution in [0.15, 0.2) is 18.2 Å². The number of halogens is 1. The van der Waals surface area contributed by atoms with E-state index in [1.165, 1.54) is 12.1 Å². The van der Waals surface area contributed by atoms with Gasteiger partial charge in [-0.2, -0.15) is 5.26 Å². The van der Waals surface area contributed by atoms with E-state index in [1.807, 2.05) is 4.90 Å². The summed E-state index contributed by atoms with van der Waals surface area (Å²) < 4.78 is 13.1. The zero-order valence-corrected chi connectivity index (χ0v) is 9.20. The molecule has 2 N–H and O–H groups in total. The van der Waals surface area contributed by atoms with Crippen LogP contribution in [0.1, 0.15) is 12.5 Å². The quantitative estimate of drug-likeness (QED) is 0.818. The van der Waals surface area contributed by atoms with Crippen LogP contribution in [-0.2, 0) is 6.42 Å². The minimum atomic E-state index is -0.895. The first-order valence-corrected chi connectivity index (χ1v) is 5.25. The van der Waals surface area contributed by atoms with E-state index in [4.69, 9.17) is 11.0 Å². The van der Waals surface area contributed by atoms with Crippen molar-refractivity contribution in [3.05, 3.63) is 29.6 Å². The van der Waals surface area contributed by atoms with Crippen molar-refractivity contribution in [2.75, 3.05) is 18.0 Å². The lowest BCUT2D eigenvalue weighted by Crippen LogP contribution is -2.46. The smallest absolute Gasteiger partial charge is 0.125 e. The average Bonchev–Trinajstić information content (AvgIpc) is 2.61. The molecule has 1 atom stereocenters. The normalized spacial score (nSPS) is 17.8. The van der Waals surface area contributed by atoms with Crippen molar-refractivity contribution in [2.24, 2.45) is 5.73 Å². The Labute approximate surface area is 94.3 Å². The highest BCUT2D eigenvalue weighted by molar-refractivity contribution is 5.58. The van der Waals surface area contributed by atoms with Gasteiger partial charge in [0.25, 0.3) is 0 Å². The monoisotopic (exact) mass is 219 g/mol. The zero-order chi connectivity index (χ0) is 11.8. The molecule has 1 aliphatic rings. The number of fused-ring (bicyclic) bond motifs is 1. The van der Waals surface area contributed by atoms with Gasteiger partial charge in [0.1, 0.15) is 11.4 Å². The topological polar surface area (TPSA) is 53.1 Å². The number of hydrogen-bond acceptors (Lipinski definition) is 3. The summed E-state index contributed by atoms with van der Waals surface area (Å²) in [5.41, 5.74) is 6.89. The molecule has 1 aliphatic heterocycles. The number of nitrogens with zero attached hydrogens (tertiary/aromatic N) is 2. The van der Waals surface area contributed by atoms with Crippen LogP contribution in [0.5, 0.6) is 0 Å². The molecule has 4 heteroatoms. The van der Waals surface area contributed by atoms with E-state index in [1.54, 1.807) is 13.0 Å². The van der Waals surface area contributed by atoms with Crippen LogP contribution >= 0.6 is 0 Å². The summed E-state index contributed by atoms with van der Waals surface area (Å²) in [6.07, 6.45) is 0.886. The van der Waals surface area contributed by atoms with Crippen molar-refractivity contribution in [1.82, 2.24) is 0 Å². The lowest BCUT2D eigenvalue weighted by Gasteiger charge is -2.26. The molecular formula is C12H14FN3. The second-order valence-corrected chi connectivity index (χ2v) is 4.47. The van der Waals surface area contributed by atoms with E-state index in [2.05, 4.69) is 6.07 Å². The Morgan fingerprint density at radius 2 is 2.38 bits per heavy atom. The predicted octanol–water partition coefficient (Wildman–Crippen LogP) is 1.43. The molecular weight excluding hydrogens is 205 g/mol. The molecule has 0 saturated carbocycles. The van der Waals surface area contributed by atoms with Gasteiger partial charge in [0, 0.05) is 18.8 Å². The molecule has 0 radical (unpaired) electrons. The summed E-state index contributed by atoms with van der Waals surface area (Å²) in [6, 6.07) is 6.83. The molecule has 0 aromatic heterocycles. The molecule has 0 amide bonds. The van der Waals surface area contributed by atoms with Crippen molar-refractivity contribution in [3.63, 3.8) is 0 Å². The lowest BCUT2D eigenvalue weighted by molar-refractivity contribution is 0.579. The third kappa shape index (κ3) is 2.00. The Bertz CT molecular complexity index is 448. The molecule has 0 saturated heterocycles. The number of hydrogen-bond donors (Lipinski definition) is 1. The SMILES string of the molecule is CC(N)(C#N)CN1CCc2ccc(F)cc21. The van der Waals surface area contributed by atoms with Gasteiger partial charge in [-0.1, -0.05) is 6.07 Å². The molecule has 0 aliphatic carbocycles. The van der Waals surface area contributed by atoms with Gasteiger partial charge in [0.2, 0.25) is 0 Å². The van der Waals surface area contributed by atoms with Gasteiger partial charge in [0.05, 0.1) is 6.07 Å². The van der Waals surface area contributed by atoms with Crippen molar-refractivity contribution in [3.8, 4) is 6.07 Å².